The number of carbonyl (C=O) groups excluding carboxylic acids is 1. The molecule has 4 nitrogen and oxygen atoms in total. The predicted molar refractivity (Wildman–Crippen MR) is 115 cm³/mol. The molecule has 2 rings (SSSR count). The first-order valence-corrected chi connectivity index (χ1v) is 10.2. The van der Waals surface area contributed by atoms with Gasteiger partial charge in [-0.15, -0.1) is 0 Å². The van der Waals surface area contributed by atoms with Crippen LogP contribution < -0.4 is 0 Å². The summed E-state index contributed by atoms with van der Waals surface area (Å²) in [6, 6.07) is 17.8. The van der Waals surface area contributed by atoms with E-state index in [9.17, 15) is 14.7 Å². The lowest BCUT2D eigenvalue weighted by molar-refractivity contribution is -0.167. The molecule has 0 bridgehead atoms. The van der Waals surface area contributed by atoms with E-state index in [0.717, 1.165) is 16.7 Å². The maximum absolute atomic E-state index is 13.1. The second-order valence-corrected chi connectivity index (χ2v) is 8.94. The monoisotopic (exact) mass is 396 g/mol. The Morgan fingerprint density at radius 3 is 2.07 bits per heavy atom. The molecule has 0 aliphatic heterocycles. The summed E-state index contributed by atoms with van der Waals surface area (Å²) < 4.78 is 5.63. The second kappa shape index (κ2) is 9.73. The summed E-state index contributed by atoms with van der Waals surface area (Å²) in [5, 5.41) is 9.90. The topological polar surface area (TPSA) is 63.6 Å². The zero-order chi connectivity index (χ0) is 21.6. The molecule has 0 radical (unpaired) electrons. The molecule has 0 aliphatic rings. The van der Waals surface area contributed by atoms with Crippen LogP contribution in [0.2, 0.25) is 0 Å². The van der Waals surface area contributed by atoms with E-state index in [4.69, 9.17) is 4.74 Å². The van der Waals surface area contributed by atoms with Crippen LogP contribution in [0.3, 0.4) is 0 Å². The van der Waals surface area contributed by atoms with E-state index in [0.29, 0.717) is 12.8 Å². The highest BCUT2D eigenvalue weighted by atomic mass is 16.6. The highest BCUT2D eigenvalue weighted by molar-refractivity contribution is 5.82. The smallest absolute Gasteiger partial charge is 0.310 e. The van der Waals surface area contributed by atoms with Crippen molar-refractivity contribution in [1.29, 1.82) is 0 Å². The number of carbonyl (C=O) groups is 2. The van der Waals surface area contributed by atoms with Gasteiger partial charge < -0.3 is 9.84 Å². The number of esters is 1. The van der Waals surface area contributed by atoms with Crippen molar-refractivity contribution in [2.24, 2.45) is 17.8 Å². The Balaban J connectivity index is 2.45. The number of hydrogen-bond donors (Lipinski definition) is 1. The molecule has 0 saturated carbocycles. The molecule has 156 valence electrons. The number of ether oxygens (including phenoxy) is 1. The van der Waals surface area contributed by atoms with Crippen LogP contribution in [0, 0.1) is 17.8 Å². The number of carboxylic acid groups (broad SMARTS) is 1. The lowest BCUT2D eigenvalue weighted by Gasteiger charge is -2.28. The van der Waals surface area contributed by atoms with Gasteiger partial charge in [0.15, 0.2) is 0 Å². The quantitative estimate of drug-likeness (QED) is 0.590. The fourth-order valence-electron chi connectivity index (χ4n) is 3.55. The Morgan fingerprint density at radius 2 is 1.52 bits per heavy atom. The largest absolute Gasteiger partial charge is 0.481 e. The minimum Gasteiger partial charge on any atom is -0.481 e. The molecule has 0 saturated heterocycles. The Bertz CT molecular complexity index is 818. The molecule has 4 heteroatoms. The summed E-state index contributed by atoms with van der Waals surface area (Å²) in [7, 11) is 0. The van der Waals surface area contributed by atoms with Gasteiger partial charge in [-0.1, -0.05) is 68.4 Å². The summed E-state index contributed by atoms with van der Waals surface area (Å²) in [5.74, 6) is -2.79. The van der Waals surface area contributed by atoms with Crippen LogP contribution in [-0.2, 0) is 20.7 Å². The fourth-order valence-corrected chi connectivity index (χ4v) is 3.55. The first-order valence-electron chi connectivity index (χ1n) is 10.2. The molecule has 0 unspecified atom stereocenters. The van der Waals surface area contributed by atoms with Crippen LogP contribution in [0.25, 0.3) is 11.1 Å². The molecule has 0 amide bonds. The van der Waals surface area contributed by atoms with E-state index >= 15 is 0 Å². The van der Waals surface area contributed by atoms with E-state index in [-0.39, 0.29) is 5.92 Å². The standard InChI is InChI=1S/C25H32O4/c1-17(2)15-21(23(26)27)22(24(28)29-25(3,4)5)16-19-13-9-10-14-20(19)18-11-7-6-8-12-18/h6-14,17,21-22H,15-16H2,1-5H3,(H,26,27)/t21-,22+/m1/s1. The van der Waals surface area contributed by atoms with Crippen molar-refractivity contribution >= 4 is 11.9 Å². The van der Waals surface area contributed by atoms with Crippen molar-refractivity contribution < 1.29 is 19.4 Å². The van der Waals surface area contributed by atoms with Crippen molar-refractivity contribution in [2.75, 3.05) is 0 Å². The van der Waals surface area contributed by atoms with Gasteiger partial charge in [0.25, 0.3) is 0 Å². The summed E-state index contributed by atoms with van der Waals surface area (Å²) in [4.78, 5) is 25.1. The maximum Gasteiger partial charge on any atom is 0.310 e. The minimum atomic E-state index is -0.952. The van der Waals surface area contributed by atoms with Crippen molar-refractivity contribution in [3.63, 3.8) is 0 Å². The van der Waals surface area contributed by atoms with Gasteiger partial charge in [0, 0.05) is 0 Å². The van der Waals surface area contributed by atoms with Crippen molar-refractivity contribution in [2.45, 2.75) is 53.1 Å². The summed E-state index contributed by atoms with van der Waals surface area (Å²) in [6.45, 7) is 9.36. The van der Waals surface area contributed by atoms with E-state index < -0.39 is 29.4 Å². The SMILES string of the molecule is CC(C)C[C@@H](C(=O)O)[C@H](Cc1ccccc1-c1ccccc1)C(=O)OC(C)(C)C. The molecule has 0 heterocycles. The molecule has 0 fully saturated rings. The van der Waals surface area contributed by atoms with Crippen LogP contribution in [0.15, 0.2) is 54.6 Å². The van der Waals surface area contributed by atoms with E-state index in [1.54, 1.807) is 20.8 Å². The molecule has 0 aliphatic carbocycles. The Labute approximate surface area is 173 Å². The first kappa shape index (κ1) is 22.7. The summed E-state index contributed by atoms with van der Waals surface area (Å²) in [6.07, 6.45) is 0.746. The van der Waals surface area contributed by atoms with Crippen molar-refractivity contribution in [1.82, 2.24) is 0 Å². The molecular weight excluding hydrogens is 364 g/mol. The Morgan fingerprint density at radius 1 is 0.931 bits per heavy atom. The first-order chi connectivity index (χ1) is 13.6. The third-order valence-electron chi connectivity index (χ3n) is 4.78. The van der Waals surface area contributed by atoms with Crippen LogP contribution in [0.1, 0.15) is 46.6 Å². The second-order valence-electron chi connectivity index (χ2n) is 8.94. The number of rotatable bonds is 8. The number of benzene rings is 2. The zero-order valence-electron chi connectivity index (χ0n) is 18.0. The fraction of sp³-hybridized carbons (Fsp3) is 0.440. The van der Waals surface area contributed by atoms with Crippen LogP contribution in [-0.4, -0.2) is 22.6 Å². The average molecular weight is 397 g/mol. The van der Waals surface area contributed by atoms with Crippen LogP contribution in [0.4, 0.5) is 0 Å². The summed E-state index contributed by atoms with van der Waals surface area (Å²) in [5.41, 5.74) is 2.33. The van der Waals surface area contributed by atoms with Gasteiger partial charge in [0.1, 0.15) is 5.60 Å². The van der Waals surface area contributed by atoms with Gasteiger partial charge in [-0.25, -0.2) is 0 Å². The maximum atomic E-state index is 13.1. The Kier molecular flexibility index (Phi) is 7.60. The van der Waals surface area contributed by atoms with Crippen LogP contribution >= 0.6 is 0 Å². The molecule has 0 aromatic heterocycles. The third kappa shape index (κ3) is 6.74. The third-order valence-corrected chi connectivity index (χ3v) is 4.78. The van der Waals surface area contributed by atoms with Crippen molar-refractivity contribution in [3.8, 4) is 11.1 Å². The average Bonchev–Trinajstić information content (AvgIpc) is 2.63. The number of aliphatic carboxylic acids is 1. The van der Waals surface area contributed by atoms with Crippen molar-refractivity contribution in [3.05, 3.63) is 60.2 Å². The minimum absolute atomic E-state index is 0.158. The van der Waals surface area contributed by atoms with Gasteiger partial charge in [-0.3, -0.25) is 9.59 Å². The normalized spacial score (nSPS) is 13.7. The van der Waals surface area contributed by atoms with Gasteiger partial charge in [-0.2, -0.15) is 0 Å². The predicted octanol–water partition coefficient (Wildman–Crippen LogP) is 5.60. The molecule has 1 N–H and O–H groups in total. The van der Waals surface area contributed by atoms with Gasteiger partial charge in [0.2, 0.25) is 0 Å². The summed E-state index contributed by atoms with van der Waals surface area (Å²) >= 11 is 0. The molecule has 2 aromatic rings. The lowest BCUT2D eigenvalue weighted by Crippen LogP contribution is -2.37. The highest BCUT2D eigenvalue weighted by Crippen LogP contribution is 2.31. The Hall–Kier alpha value is -2.62. The van der Waals surface area contributed by atoms with Gasteiger partial charge in [0.05, 0.1) is 11.8 Å². The molecule has 2 atom stereocenters. The zero-order valence-corrected chi connectivity index (χ0v) is 18.0. The van der Waals surface area contributed by atoms with E-state index in [2.05, 4.69) is 0 Å². The van der Waals surface area contributed by atoms with E-state index in [1.165, 1.54) is 0 Å². The lowest BCUT2D eigenvalue weighted by atomic mass is 9.80. The molecular formula is C25H32O4. The highest BCUT2D eigenvalue weighted by Gasteiger charge is 2.37. The van der Waals surface area contributed by atoms with E-state index in [1.807, 2.05) is 68.4 Å². The molecule has 29 heavy (non-hydrogen) atoms. The van der Waals surface area contributed by atoms with Gasteiger partial charge in [-0.05, 0) is 56.2 Å². The number of hydrogen-bond acceptors (Lipinski definition) is 3. The van der Waals surface area contributed by atoms with Crippen LogP contribution in [0.5, 0.6) is 0 Å². The number of carboxylic acids is 1. The molecule has 2 aromatic carbocycles. The molecule has 0 spiro atoms. The van der Waals surface area contributed by atoms with Gasteiger partial charge >= 0.3 is 11.9 Å².